The minimum absolute atomic E-state index is 0.0993. The van der Waals surface area contributed by atoms with Crippen LogP contribution in [0.25, 0.3) is 0 Å². The molecule has 0 radical (unpaired) electrons. The van der Waals surface area contributed by atoms with Crippen LogP contribution in [0.2, 0.25) is 5.02 Å². The molecule has 0 aliphatic carbocycles. The van der Waals surface area contributed by atoms with Gasteiger partial charge in [-0.2, -0.15) is 0 Å². The molecule has 0 spiro atoms. The highest BCUT2D eigenvalue weighted by atomic mass is 35.5. The molecule has 5 nitrogen and oxygen atoms in total. The molecule has 0 saturated heterocycles. The summed E-state index contributed by atoms with van der Waals surface area (Å²) in [5, 5.41) is 11.7. The van der Waals surface area contributed by atoms with Crippen molar-refractivity contribution < 1.29 is 14.7 Å². The Morgan fingerprint density at radius 2 is 2.11 bits per heavy atom. The van der Waals surface area contributed by atoms with Gasteiger partial charge in [0.2, 0.25) is 0 Å². The molecule has 96 valence electrons. The van der Waals surface area contributed by atoms with E-state index in [-0.39, 0.29) is 6.61 Å². The third kappa shape index (κ3) is 2.19. The monoisotopic (exact) mass is 268 g/mol. The molecule has 2 N–H and O–H groups in total. The standard InChI is InChI=1S/C12H13ClN2O3/c1-15(3-2-4-16)10-6-9-7(5-8(10)13)11(17)12(18)14-9/h5-6,16H,2-4H2,1H3,(H,14,17,18). The number of hydrogen-bond acceptors (Lipinski definition) is 4. The largest absolute Gasteiger partial charge is 0.396 e. The lowest BCUT2D eigenvalue weighted by atomic mass is 10.1. The number of halogens is 1. The number of Topliss-reactive ketones (excluding diaryl/α,β-unsaturated/α-hetero) is 1. The zero-order valence-electron chi connectivity index (χ0n) is 9.86. The summed E-state index contributed by atoms with van der Waals surface area (Å²) >= 11 is 6.10. The van der Waals surface area contributed by atoms with Crippen molar-refractivity contribution >= 4 is 34.7 Å². The Morgan fingerprint density at radius 1 is 1.39 bits per heavy atom. The lowest BCUT2D eigenvalue weighted by Gasteiger charge is -2.20. The molecule has 2 rings (SSSR count). The molecular formula is C12H13ClN2O3. The highest BCUT2D eigenvalue weighted by Gasteiger charge is 2.29. The van der Waals surface area contributed by atoms with Crippen molar-refractivity contribution in [1.29, 1.82) is 0 Å². The quantitative estimate of drug-likeness (QED) is 0.808. The second-order valence-electron chi connectivity index (χ2n) is 4.13. The average molecular weight is 269 g/mol. The fraction of sp³-hybridized carbons (Fsp3) is 0.333. The van der Waals surface area contributed by atoms with E-state index in [9.17, 15) is 9.59 Å². The van der Waals surface area contributed by atoms with Crippen molar-refractivity contribution in [2.24, 2.45) is 0 Å². The third-order valence-electron chi connectivity index (χ3n) is 2.85. The van der Waals surface area contributed by atoms with E-state index in [4.69, 9.17) is 16.7 Å². The van der Waals surface area contributed by atoms with E-state index in [1.165, 1.54) is 6.07 Å². The van der Waals surface area contributed by atoms with Crippen molar-refractivity contribution in [2.45, 2.75) is 6.42 Å². The lowest BCUT2D eigenvalue weighted by molar-refractivity contribution is -0.112. The van der Waals surface area contributed by atoms with E-state index in [1.54, 1.807) is 6.07 Å². The van der Waals surface area contributed by atoms with E-state index in [1.807, 2.05) is 11.9 Å². The lowest BCUT2D eigenvalue weighted by Crippen LogP contribution is -2.19. The van der Waals surface area contributed by atoms with Crippen molar-refractivity contribution in [1.82, 2.24) is 0 Å². The molecule has 0 saturated carbocycles. The van der Waals surface area contributed by atoms with Crippen molar-refractivity contribution in [2.75, 3.05) is 30.4 Å². The first-order valence-electron chi connectivity index (χ1n) is 5.56. The first kappa shape index (κ1) is 12.9. The Bertz CT molecular complexity index is 516. The van der Waals surface area contributed by atoms with Crippen LogP contribution in [-0.2, 0) is 4.79 Å². The van der Waals surface area contributed by atoms with E-state index in [2.05, 4.69) is 5.32 Å². The summed E-state index contributed by atoms with van der Waals surface area (Å²) in [5.74, 6) is -1.19. The minimum Gasteiger partial charge on any atom is -0.396 e. The van der Waals surface area contributed by atoms with E-state index < -0.39 is 11.7 Å². The molecule has 18 heavy (non-hydrogen) atoms. The molecule has 6 heteroatoms. The molecule has 1 aliphatic heterocycles. The Morgan fingerprint density at radius 3 is 2.78 bits per heavy atom. The number of fused-ring (bicyclic) bond motifs is 1. The number of aliphatic hydroxyl groups is 1. The number of carbonyl (C=O) groups excluding carboxylic acids is 2. The number of benzene rings is 1. The topological polar surface area (TPSA) is 69.6 Å². The smallest absolute Gasteiger partial charge is 0.296 e. The Hall–Kier alpha value is -1.59. The molecule has 0 atom stereocenters. The fourth-order valence-electron chi connectivity index (χ4n) is 1.88. The molecule has 1 aromatic rings. The molecule has 1 heterocycles. The predicted molar refractivity (Wildman–Crippen MR) is 69.4 cm³/mol. The fourth-order valence-corrected chi connectivity index (χ4v) is 2.18. The van der Waals surface area contributed by atoms with E-state index in [0.717, 1.165) is 5.69 Å². The highest BCUT2D eigenvalue weighted by molar-refractivity contribution is 6.52. The molecule has 0 aromatic heterocycles. The molecule has 0 bridgehead atoms. The van der Waals surface area contributed by atoms with Crippen LogP contribution in [0, 0.1) is 0 Å². The summed E-state index contributed by atoms with van der Waals surface area (Å²) in [6, 6.07) is 3.18. The Labute approximate surface area is 109 Å². The van der Waals surface area contributed by atoms with Crippen LogP contribution in [-0.4, -0.2) is 37.0 Å². The second-order valence-corrected chi connectivity index (χ2v) is 4.54. The first-order valence-corrected chi connectivity index (χ1v) is 5.93. The zero-order valence-corrected chi connectivity index (χ0v) is 10.6. The maximum atomic E-state index is 11.5. The summed E-state index contributed by atoms with van der Waals surface area (Å²) < 4.78 is 0. The molecule has 0 fully saturated rings. The van der Waals surface area contributed by atoms with E-state index in [0.29, 0.717) is 29.2 Å². The summed E-state index contributed by atoms with van der Waals surface area (Å²) in [6.45, 7) is 0.735. The van der Waals surface area contributed by atoms with Crippen LogP contribution in [0.4, 0.5) is 11.4 Å². The predicted octanol–water partition coefficient (Wildman–Crippen LogP) is 1.29. The van der Waals surface area contributed by atoms with Gasteiger partial charge in [-0.1, -0.05) is 11.6 Å². The van der Waals surface area contributed by atoms with Gasteiger partial charge >= 0.3 is 0 Å². The number of amides is 1. The molecular weight excluding hydrogens is 256 g/mol. The van der Waals surface area contributed by atoms with Crippen molar-refractivity contribution in [3.63, 3.8) is 0 Å². The number of rotatable bonds is 4. The third-order valence-corrected chi connectivity index (χ3v) is 3.15. The maximum Gasteiger partial charge on any atom is 0.296 e. The number of nitrogens with zero attached hydrogens (tertiary/aromatic N) is 1. The van der Waals surface area contributed by atoms with Gasteiger partial charge in [0.15, 0.2) is 0 Å². The SMILES string of the molecule is CN(CCCO)c1cc2c(cc1Cl)C(=O)C(=O)N2. The molecule has 0 unspecified atom stereocenters. The van der Waals surface area contributed by atoms with Gasteiger partial charge in [0.05, 0.1) is 22.0 Å². The summed E-state index contributed by atoms with van der Waals surface area (Å²) in [5.41, 5.74) is 1.52. The first-order chi connectivity index (χ1) is 8.54. The Balaban J connectivity index is 2.32. The molecule has 1 aliphatic rings. The number of anilines is 2. The minimum atomic E-state index is -0.628. The van der Waals surface area contributed by atoms with Gasteiger partial charge in [-0.25, -0.2) is 0 Å². The summed E-state index contributed by atoms with van der Waals surface area (Å²) in [6.07, 6.45) is 0.620. The van der Waals surface area contributed by atoms with E-state index >= 15 is 0 Å². The van der Waals surface area contributed by atoms with Gasteiger partial charge in [-0.05, 0) is 18.6 Å². The number of aliphatic hydroxyl groups excluding tert-OH is 1. The van der Waals surface area contributed by atoms with Gasteiger partial charge in [0.1, 0.15) is 0 Å². The van der Waals surface area contributed by atoms with Crippen LogP contribution in [0.15, 0.2) is 12.1 Å². The normalized spacial score (nSPS) is 13.5. The van der Waals surface area contributed by atoms with Gasteiger partial charge in [-0.3, -0.25) is 9.59 Å². The molecule has 1 aromatic carbocycles. The average Bonchev–Trinajstić information content (AvgIpc) is 2.62. The van der Waals surface area contributed by atoms with Crippen molar-refractivity contribution in [3.05, 3.63) is 22.7 Å². The number of carbonyl (C=O) groups is 2. The van der Waals surface area contributed by atoms with Gasteiger partial charge in [-0.15, -0.1) is 0 Å². The van der Waals surface area contributed by atoms with Gasteiger partial charge < -0.3 is 15.3 Å². The Kier molecular flexibility index (Phi) is 3.54. The zero-order chi connectivity index (χ0) is 13.3. The van der Waals surface area contributed by atoms with Crippen LogP contribution >= 0.6 is 11.6 Å². The van der Waals surface area contributed by atoms with Gasteiger partial charge in [0.25, 0.3) is 11.7 Å². The van der Waals surface area contributed by atoms with Crippen LogP contribution in [0.1, 0.15) is 16.8 Å². The maximum absolute atomic E-state index is 11.5. The highest BCUT2D eigenvalue weighted by Crippen LogP contribution is 2.34. The van der Waals surface area contributed by atoms with Gasteiger partial charge in [0, 0.05) is 20.2 Å². The second kappa shape index (κ2) is 4.96. The van der Waals surface area contributed by atoms with Crippen LogP contribution in [0.5, 0.6) is 0 Å². The molecule has 1 amide bonds. The number of nitrogens with one attached hydrogen (secondary N) is 1. The van der Waals surface area contributed by atoms with Crippen LogP contribution in [0.3, 0.4) is 0 Å². The summed E-state index contributed by atoms with van der Waals surface area (Å²) in [7, 11) is 1.84. The number of hydrogen-bond donors (Lipinski definition) is 2. The van der Waals surface area contributed by atoms with Crippen LogP contribution < -0.4 is 10.2 Å². The number of ketones is 1. The van der Waals surface area contributed by atoms with Crippen molar-refractivity contribution in [3.8, 4) is 0 Å². The summed E-state index contributed by atoms with van der Waals surface area (Å²) in [4.78, 5) is 24.6.